The van der Waals surface area contributed by atoms with Crippen LogP contribution in [0.2, 0.25) is 0 Å². The van der Waals surface area contributed by atoms with E-state index < -0.39 is 0 Å². The van der Waals surface area contributed by atoms with Gasteiger partial charge in [0.1, 0.15) is 11.9 Å². The lowest BCUT2D eigenvalue weighted by atomic mass is 10.1. The van der Waals surface area contributed by atoms with E-state index in [1.54, 1.807) is 0 Å². The zero-order chi connectivity index (χ0) is 13.5. The summed E-state index contributed by atoms with van der Waals surface area (Å²) in [7, 11) is 0. The van der Waals surface area contributed by atoms with E-state index in [4.69, 9.17) is 15.2 Å². The highest BCUT2D eigenvalue weighted by molar-refractivity contribution is 5.71. The molecule has 2 N–H and O–H groups in total. The second-order valence-corrected chi connectivity index (χ2v) is 4.87. The molecule has 2 rings (SSSR count). The van der Waals surface area contributed by atoms with E-state index in [0.29, 0.717) is 12.3 Å². The second kappa shape index (κ2) is 7.14. The van der Waals surface area contributed by atoms with E-state index in [-0.39, 0.29) is 18.7 Å². The third-order valence-corrected chi connectivity index (χ3v) is 3.31. The average molecular weight is 263 g/mol. The van der Waals surface area contributed by atoms with Crippen molar-refractivity contribution in [3.8, 4) is 5.75 Å². The maximum atomic E-state index is 11.6. The number of hydrogen-bond acceptors (Lipinski definition) is 4. The number of rotatable bonds is 6. The Hall–Kier alpha value is -1.55. The quantitative estimate of drug-likeness (QED) is 0.798. The number of ether oxygens (including phenoxy) is 2. The third kappa shape index (κ3) is 4.56. The van der Waals surface area contributed by atoms with Crippen molar-refractivity contribution < 1.29 is 14.3 Å². The summed E-state index contributed by atoms with van der Waals surface area (Å²) in [4.78, 5) is 11.6. The van der Waals surface area contributed by atoms with Crippen LogP contribution in [0.15, 0.2) is 24.3 Å². The van der Waals surface area contributed by atoms with Crippen LogP contribution in [-0.2, 0) is 16.0 Å². The minimum absolute atomic E-state index is 0.0211. The Morgan fingerprint density at radius 3 is 2.53 bits per heavy atom. The molecule has 4 nitrogen and oxygen atoms in total. The van der Waals surface area contributed by atoms with Crippen molar-refractivity contribution in [1.29, 1.82) is 0 Å². The summed E-state index contributed by atoms with van der Waals surface area (Å²) in [5, 5.41) is 0. The molecule has 0 unspecified atom stereocenters. The van der Waals surface area contributed by atoms with Gasteiger partial charge >= 0.3 is 5.97 Å². The summed E-state index contributed by atoms with van der Waals surface area (Å²) in [6, 6.07) is 7.64. The molecule has 0 bridgehead atoms. The standard InChI is InChI=1S/C15H21NO3/c16-10-9-12-5-7-13(8-6-12)18-11-15(17)19-14-3-1-2-4-14/h5-8,14H,1-4,9-11,16H2. The van der Waals surface area contributed by atoms with Gasteiger partial charge in [0, 0.05) is 0 Å². The first-order chi connectivity index (χ1) is 9.28. The van der Waals surface area contributed by atoms with E-state index >= 15 is 0 Å². The van der Waals surface area contributed by atoms with Gasteiger partial charge in [-0.3, -0.25) is 0 Å². The van der Waals surface area contributed by atoms with Gasteiger partial charge in [0.2, 0.25) is 0 Å². The molecule has 0 aromatic heterocycles. The van der Waals surface area contributed by atoms with E-state index in [0.717, 1.165) is 32.1 Å². The minimum atomic E-state index is -0.280. The Morgan fingerprint density at radius 2 is 1.89 bits per heavy atom. The lowest BCUT2D eigenvalue weighted by molar-refractivity contribution is -0.151. The fourth-order valence-corrected chi connectivity index (χ4v) is 2.29. The molecule has 0 radical (unpaired) electrons. The van der Waals surface area contributed by atoms with Crippen molar-refractivity contribution >= 4 is 5.97 Å². The first-order valence-electron chi connectivity index (χ1n) is 6.89. The smallest absolute Gasteiger partial charge is 0.344 e. The van der Waals surface area contributed by atoms with Crippen LogP contribution in [0.3, 0.4) is 0 Å². The molecule has 1 aromatic rings. The van der Waals surface area contributed by atoms with E-state index in [2.05, 4.69) is 0 Å². The third-order valence-electron chi connectivity index (χ3n) is 3.31. The van der Waals surface area contributed by atoms with E-state index in [1.807, 2.05) is 24.3 Å². The number of esters is 1. The van der Waals surface area contributed by atoms with Gasteiger partial charge < -0.3 is 15.2 Å². The summed E-state index contributed by atoms with van der Waals surface area (Å²) in [5.74, 6) is 0.405. The van der Waals surface area contributed by atoms with Crippen LogP contribution in [0.5, 0.6) is 5.75 Å². The van der Waals surface area contributed by atoms with E-state index in [9.17, 15) is 4.79 Å². The molecule has 0 aliphatic heterocycles. The Bertz CT molecular complexity index is 396. The molecule has 0 spiro atoms. The minimum Gasteiger partial charge on any atom is -0.482 e. The van der Waals surface area contributed by atoms with Gasteiger partial charge in [-0.2, -0.15) is 0 Å². The lowest BCUT2D eigenvalue weighted by Crippen LogP contribution is -2.20. The molecular formula is C15H21NO3. The van der Waals surface area contributed by atoms with Crippen molar-refractivity contribution in [2.75, 3.05) is 13.2 Å². The molecule has 1 saturated carbocycles. The SMILES string of the molecule is NCCc1ccc(OCC(=O)OC2CCCC2)cc1. The van der Waals surface area contributed by atoms with Gasteiger partial charge in [-0.25, -0.2) is 4.79 Å². The fourth-order valence-electron chi connectivity index (χ4n) is 2.29. The largest absolute Gasteiger partial charge is 0.482 e. The molecule has 4 heteroatoms. The summed E-state index contributed by atoms with van der Waals surface area (Å²) < 4.78 is 10.7. The van der Waals surface area contributed by atoms with Gasteiger partial charge in [-0.15, -0.1) is 0 Å². The molecule has 104 valence electrons. The molecule has 1 aromatic carbocycles. The highest BCUT2D eigenvalue weighted by atomic mass is 16.6. The lowest BCUT2D eigenvalue weighted by Gasteiger charge is -2.12. The van der Waals surface area contributed by atoms with Gasteiger partial charge in [-0.05, 0) is 56.3 Å². The molecule has 0 saturated heterocycles. The molecule has 1 aliphatic carbocycles. The molecule has 1 aliphatic rings. The van der Waals surface area contributed by atoms with Crippen LogP contribution in [-0.4, -0.2) is 25.2 Å². The Kier molecular flexibility index (Phi) is 5.21. The highest BCUT2D eigenvalue weighted by Gasteiger charge is 2.19. The van der Waals surface area contributed by atoms with Crippen molar-refractivity contribution in [3.05, 3.63) is 29.8 Å². The fraction of sp³-hybridized carbons (Fsp3) is 0.533. The predicted octanol–water partition coefficient (Wildman–Crippen LogP) is 2.05. The molecule has 0 atom stereocenters. The van der Waals surface area contributed by atoms with Crippen LogP contribution in [0, 0.1) is 0 Å². The van der Waals surface area contributed by atoms with Crippen LogP contribution >= 0.6 is 0 Å². The number of carbonyl (C=O) groups is 1. The van der Waals surface area contributed by atoms with E-state index in [1.165, 1.54) is 5.56 Å². The maximum absolute atomic E-state index is 11.6. The number of hydrogen-bond donors (Lipinski definition) is 1. The normalized spacial score (nSPS) is 15.4. The zero-order valence-corrected chi connectivity index (χ0v) is 11.1. The number of benzene rings is 1. The summed E-state index contributed by atoms with van der Waals surface area (Å²) in [6.45, 7) is 0.612. The van der Waals surface area contributed by atoms with Crippen LogP contribution in [0.1, 0.15) is 31.2 Å². The molecular weight excluding hydrogens is 242 g/mol. The van der Waals surface area contributed by atoms with Crippen LogP contribution < -0.4 is 10.5 Å². The topological polar surface area (TPSA) is 61.5 Å². The van der Waals surface area contributed by atoms with Gasteiger partial charge in [0.05, 0.1) is 0 Å². The van der Waals surface area contributed by atoms with Gasteiger partial charge in [0.25, 0.3) is 0 Å². The average Bonchev–Trinajstić information content (AvgIpc) is 2.91. The predicted molar refractivity (Wildman–Crippen MR) is 73.0 cm³/mol. The summed E-state index contributed by atoms with van der Waals surface area (Å²) in [6.07, 6.45) is 5.23. The van der Waals surface area contributed by atoms with Crippen LogP contribution in [0.25, 0.3) is 0 Å². The molecule has 1 fully saturated rings. The molecule has 19 heavy (non-hydrogen) atoms. The summed E-state index contributed by atoms with van der Waals surface area (Å²) in [5.41, 5.74) is 6.65. The zero-order valence-electron chi connectivity index (χ0n) is 11.1. The highest BCUT2D eigenvalue weighted by Crippen LogP contribution is 2.21. The number of nitrogens with two attached hydrogens (primary N) is 1. The Balaban J connectivity index is 1.73. The monoisotopic (exact) mass is 263 g/mol. The first kappa shape index (κ1) is 13.9. The summed E-state index contributed by atoms with van der Waals surface area (Å²) >= 11 is 0. The van der Waals surface area contributed by atoms with Gasteiger partial charge in [0.15, 0.2) is 6.61 Å². The van der Waals surface area contributed by atoms with Crippen molar-refractivity contribution in [1.82, 2.24) is 0 Å². The van der Waals surface area contributed by atoms with Gasteiger partial charge in [-0.1, -0.05) is 12.1 Å². The van der Waals surface area contributed by atoms with Crippen LogP contribution in [0.4, 0.5) is 0 Å². The molecule has 0 amide bonds. The maximum Gasteiger partial charge on any atom is 0.344 e. The van der Waals surface area contributed by atoms with Crippen molar-refractivity contribution in [2.24, 2.45) is 5.73 Å². The van der Waals surface area contributed by atoms with Crippen molar-refractivity contribution in [3.63, 3.8) is 0 Å². The number of carbonyl (C=O) groups excluding carboxylic acids is 1. The first-order valence-corrected chi connectivity index (χ1v) is 6.89. The van der Waals surface area contributed by atoms with Crippen molar-refractivity contribution in [2.45, 2.75) is 38.2 Å². The Labute approximate surface area is 113 Å². The second-order valence-electron chi connectivity index (χ2n) is 4.87. The molecule has 0 heterocycles. The Morgan fingerprint density at radius 1 is 1.21 bits per heavy atom.